The van der Waals surface area contributed by atoms with Crippen molar-refractivity contribution in [3.05, 3.63) is 103 Å². The van der Waals surface area contributed by atoms with Gasteiger partial charge in [-0.05, 0) is 52.1 Å². The van der Waals surface area contributed by atoms with E-state index < -0.39 is 0 Å². The molecule has 0 aliphatic heterocycles. The third kappa shape index (κ3) is 7.15. The Labute approximate surface area is 189 Å². The van der Waals surface area contributed by atoms with Crippen LogP contribution in [-0.4, -0.2) is 5.11 Å². The Morgan fingerprint density at radius 3 is 1.16 bits per heavy atom. The lowest BCUT2D eigenvalue weighted by Crippen LogP contribution is -1.86. The Bertz CT molecular complexity index is 931. The number of para-hydroxylation sites is 1. The number of benzene rings is 4. The largest absolute Gasteiger partial charge is 0.507 e. The zero-order valence-corrected chi connectivity index (χ0v) is 19.8. The molecule has 1 nitrogen and oxygen atoms in total. The smallest absolute Gasteiger partial charge is 0.123 e. The number of phenolic OH excluding ortho intramolecular Hbond substituents is 1. The van der Waals surface area contributed by atoms with Crippen molar-refractivity contribution in [3.8, 4) is 39.1 Å². The molecule has 4 rings (SSSR count). The fourth-order valence-electron chi connectivity index (χ4n) is 3.10. The minimum Gasteiger partial charge on any atom is -0.507 e. The topological polar surface area (TPSA) is 20.2 Å². The second-order valence-electron chi connectivity index (χ2n) is 6.05. The van der Waals surface area contributed by atoms with Crippen LogP contribution < -0.4 is 0 Å². The van der Waals surface area contributed by atoms with Crippen LogP contribution in [0.4, 0.5) is 0 Å². The Hall–Kier alpha value is -3.32. The summed E-state index contributed by atoms with van der Waals surface area (Å²) in [6.45, 7) is 12.0. The van der Waals surface area contributed by atoms with Gasteiger partial charge in [0.05, 0.1) is 0 Å². The third-order valence-corrected chi connectivity index (χ3v) is 4.36. The van der Waals surface area contributed by atoms with Crippen molar-refractivity contribution in [2.75, 3.05) is 0 Å². The summed E-state index contributed by atoms with van der Waals surface area (Å²) >= 11 is 0. The van der Waals surface area contributed by atoms with Crippen LogP contribution in [0.25, 0.3) is 33.4 Å². The second-order valence-corrected chi connectivity index (χ2v) is 6.05. The van der Waals surface area contributed by atoms with E-state index in [9.17, 15) is 5.11 Å². The molecule has 0 aliphatic carbocycles. The van der Waals surface area contributed by atoms with E-state index in [1.54, 1.807) is 6.07 Å². The standard InChI is InChI=1S/C24H18O.3C2H6/c25-24-14-8-7-13-23(24)22-16-20(18-9-3-1-4-10-18)15-21(17-22)19-11-5-2-6-12-19;3*1-2/h1-17,25H;3*1-2H3. The molecule has 0 aliphatic rings. The number of rotatable bonds is 3. The van der Waals surface area contributed by atoms with E-state index in [1.807, 2.05) is 96.1 Å². The van der Waals surface area contributed by atoms with Crippen molar-refractivity contribution in [2.45, 2.75) is 41.5 Å². The SMILES string of the molecule is CC.CC.CC.Oc1ccccc1-c1cc(-c2ccccc2)cc(-c2ccccc2)c1. The lowest BCUT2D eigenvalue weighted by atomic mass is 9.93. The van der Waals surface area contributed by atoms with Gasteiger partial charge in [-0.2, -0.15) is 0 Å². The van der Waals surface area contributed by atoms with Crippen molar-refractivity contribution in [1.82, 2.24) is 0 Å². The number of hydrogen-bond donors (Lipinski definition) is 1. The molecule has 0 aromatic heterocycles. The number of aromatic hydroxyl groups is 1. The van der Waals surface area contributed by atoms with Crippen molar-refractivity contribution in [2.24, 2.45) is 0 Å². The lowest BCUT2D eigenvalue weighted by molar-refractivity contribution is 0.477. The minimum atomic E-state index is 0.298. The van der Waals surface area contributed by atoms with E-state index in [1.165, 1.54) is 0 Å². The van der Waals surface area contributed by atoms with Gasteiger partial charge in [0.15, 0.2) is 0 Å². The average Bonchev–Trinajstić information content (AvgIpc) is 2.89. The summed E-state index contributed by atoms with van der Waals surface area (Å²) in [5.41, 5.74) is 6.46. The zero-order chi connectivity index (χ0) is 23.1. The maximum atomic E-state index is 10.3. The first kappa shape index (κ1) is 25.7. The summed E-state index contributed by atoms with van der Waals surface area (Å²) in [5.74, 6) is 0.298. The first-order chi connectivity index (χ1) is 15.3. The molecule has 0 fully saturated rings. The summed E-state index contributed by atoms with van der Waals surface area (Å²) in [6, 6.07) is 34.6. The molecule has 31 heavy (non-hydrogen) atoms. The van der Waals surface area contributed by atoms with Crippen molar-refractivity contribution < 1.29 is 5.11 Å². The number of phenols is 1. The summed E-state index contributed by atoms with van der Waals surface area (Å²) in [4.78, 5) is 0. The highest BCUT2D eigenvalue weighted by Gasteiger charge is 2.09. The quantitative estimate of drug-likeness (QED) is 0.355. The first-order valence-electron chi connectivity index (χ1n) is 11.4. The Morgan fingerprint density at radius 1 is 0.387 bits per heavy atom. The predicted molar refractivity (Wildman–Crippen MR) is 138 cm³/mol. The molecular weight excluding hydrogens is 376 g/mol. The van der Waals surface area contributed by atoms with E-state index in [0.717, 1.165) is 33.4 Å². The Morgan fingerprint density at radius 2 is 0.742 bits per heavy atom. The maximum absolute atomic E-state index is 10.3. The van der Waals surface area contributed by atoms with Crippen molar-refractivity contribution in [3.63, 3.8) is 0 Å². The predicted octanol–water partition coefficient (Wildman–Crippen LogP) is 9.47. The fraction of sp³-hybridized carbons (Fsp3) is 0.200. The lowest BCUT2D eigenvalue weighted by Gasteiger charge is -2.12. The second kappa shape index (κ2) is 14.6. The molecule has 1 heteroatoms. The van der Waals surface area contributed by atoms with Crippen molar-refractivity contribution >= 4 is 0 Å². The fourth-order valence-corrected chi connectivity index (χ4v) is 3.10. The normalized spacial score (nSPS) is 9.10. The highest BCUT2D eigenvalue weighted by Crippen LogP contribution is 2.35. The molecule has 0 atom stereocenters. The van der Waals surface area contributed by atoms with Crippen LogP contribution >= 0.6 is 0 Å². The van der Waals surface area contributed by atoms with Gasteiger partial charge in [-0.1, -0.05) is 120 Å². The summed E-state index contributed by atoms with van der Waals surface area (Å²) in [7, 11) is 0. The molecule has 0 radical (unpaired) electrons. The summed E-state index contributed by atoms with van der Waals surface area (Å²) < 4.78 is 0. The monoisotopic (exact) mass is 412 g/mol. The van der Waals surface area contributed by atoms with Gasteiger partial charge in [0.2, 0.25) is 0 Å². The van der Waals surface area contributed by atoms with Gasteiger partial charge in [0.1, 0.15) is 5.75 Å². The van der Waals surface area contributed by atoms with E-state index in [-0.39, 0.29) is 0 Å². The summed E-state index contributed by atoms with van der Waals surface area (Å²) in [6.07, 6.45) is 0. The van der Waals surface area contributed by atoms with Gasteiger partial charge >= 0.3 is 0 Å². The number of hydrogen-bond acceptors (Lipinski definition) is 1. The van der Waals surface area contributed by atoms with Gasteiger partial charge in [-0.15, -0.1) is 0 Å². The Balaban J connectivity index is 0.000000739. The van der Waals surface area contributed by atoms with E-state index in [0.29, 0.717) is 5.75 Å². The molecule has 1 N–H and O–H groups in total. The zero-order valence-electron chi connectivity index (χ0n) is 19.8. The van der Waals surface area contributed by atoms with Crippen LogP contribution in [0, 0.1) is 0 Å². The molecular formula is C30H36O. The molecule has 0 spiro atoms. The van der Waals surface area contributed by atoms with Crippen LogP contribution in [0.15, 0.2) is 103 Å². The molecule has 0 unspecified atom stereocenters. The van der Waals surface area contributed by atoms with E-state index >= 15 is 0 Å². The van der Waals surface area contributed by atoms with Gasteiger partial charge in [0.25, 0.3) is 0 Å². The van der Waals surface area contributed by atoms with Gasteiger partial charge < -0.3 is 5.11 Å². The first-order valence-corrected chi connectivity index (χ1v) is 11.4. The molecule has 4 aromatic carbocycles. The average molecular weight is 413 g/mol. The molecule has 4 aromatic rings. The van der Waals surface area contributed by atoms with Crippen LogP contribution in [0.1, 0.15) is 41.5 Å². The van der Waals surface area contributed by atoms with E-state index in [2.05, 4.69) is 42.5 Å². The molecule has 0 heterocycles. The molecule has 162 valence electrons. The van der Waals surface area contributed by atoms with Crippen LogP contribution in [-0.2, 0) is 0 Å². The van der Waals surface area contributed by atoms with Crippen molar-refractivity contribution in [1.29, 1.82) is 0 Å². The van der Waals surface area contributed by atoms with Gasteiger partial charge in [-0.25, -0.2) is 0 Å². The van der Waals surface area contributed by atoms with Crippen LogP contribution in [0.2, 0.25) is 0 Å². The summed E-state index contributed by atoms with van der Waals surface area (Å²) in [5, 5.41) is 10.3. The molecule has 0 saturated heterocycles. The highest BCUT2D eigenvalue weighted by atomic mass is 16.3. The maximum Gasteiger partial charge on any atom is 0.123 e. The van der Waals surface area contributed by atoms with Crippen LogP contribution in [0.3, 0.4) is 0 Å². The van der Waals surface area contributed by atoms with Gasteiger partial charge in [-0.3, -0.25) is 0 Å². The van der Waals surface area contributed by atoms with Crippen LogP contribution in [0.5, 0.6) is 5.75 Å². The Kier molecular flexibility index (Phi) is 12.1. The highest BCUT2D eigenvalue weighted by molar-refractivity contribution is 5.82. The minimum absolute atomic E-state index is 0.298. The third-order valence-electron chi connectivity index (χ3n) is 4.36. The van der Waals surface area contributed by atoms with E-state index in [4.69, 9.17) is 0 Å². The molecule has 0 amide bonds. The molecule has 0 saturated carbocycles. The van der Waals surface area contributed by atoms with Gasteiger partial charge in [0, 0.05) is 5.56 Å². The molecule has 0 bridgehead atoms.